The van der Waals surface area contributed by atoms with E-state index in [1.807, 2.05) is 0 Å². The van der Waals surface area contributed by atoms with Crippen LogP contribution in [0.15, 0.2) is 0 Å². The Morgan fingerprint density at radius 2 is 1.69 bits per heavy atom. The van der Waals surface area contributed by atoms with Crippen LogP contribution in [0.3, 0.4) is 0 Å². The van der Waals surface area contributed by atoms with Gasteiger partial charge in [0.25, 0.3) is 0 Å². The number of sulfone groups is 1. The van der Waals surface area contributed by atoms with Crippen molar-refractivity contribution in [1.82, 2.24) is 0 Å². The maximum atomic E-state index is 11.5. The van der Waals surface area contributed by atoms with E-state index in [0.717, 1.165) is 11.8 Å². The summed E-state index contributed by atoms with van der Waals surface area (Å²) in [5, 5.41) is 0. The van der Waals surface area contributed by atoms with Gasteiger partial charge in [0.05, 0.1) is 11.5 Å². The van der Waals surface area contributed by atoms with E-state index in [9.17, 15) is 8.42 Å². The van der Waals surface area contributed by atoms with Gasteiger partial charge in [-0.3, -0.25) is 0 Å². The first-order valence-corrected chi connectivity index (χ1v) is 8.58. The fourth-order valence-electron chi connectivity index (χ4n) is 3.92. The Labute approximate surface area is 99.7 Å². The molecular weight excluding hydrogens is 220 g/mol. The first-order valence-electron chi connectivity index (χ1n) is 6.76. The molecule has 4 atom stereocenters. The minimum Gasteiger partial charge on any atom is -0.229 e. The molecule has 1 aliphatic heterocycles. The fourth-order valence-corrected chi connectivity index (χ4v) is 6.17. The SMILES string of the molecule is CCCC(CC)C1C[C@@H]2CS(=O)(=O)C[C@@H]2C1. The van der Waals surface area contributed by atoms with Gasteiger partial charge in [0, 0.05) is 0 Å². The summed E-state index contributed by atoms with van der Waals surface area (Å²) in [6.07, 6.45) is 6.23. The van der Waals surface area contributed by atoms with Gasteiger partial charge >= 0.3 is 0 Å². The van der Waals surface area contributed by atoms with Gasteiger partial charge in [-0.05, 0) is 36.5 Å². The number of hydrogen-bond donors (Lipinski definition) is 0. The molecule has 1 heterocycles. The second kappa shape index (κ2) is 4.67. The van der Waals surface area contributed by atoms with Crippen LogP contribution in [0.25, 0.3) is 0 Å². The molecule has 0 radical (unpaired) electrons. The Kier molecular flexibility index (Phi) is 3.62. The molecule has 1 saturated heterocycles. The summed E-state index contributed by atoms with van der Waals surface area (Å²) in [6.45, 7) is 4.54. The van der Waals surface area contributed by atoms with Crippen LogP contribution in [-0.4, -0.2) is 19.9 Å². The van der Waals surface area contributed by atoms with Crippen molar-refractivity contribution < 1.29 is 8.42 Å². The second-order valence-corrected chi connectivity index (χ2v) is 7.94. The highest BCUT2D eigenvalue weighted by molar-refractivity contribution is 7.91. The lowest BCUT2D eigenvalue weighted by Gasteiger charge is -2.22. The Morgan fingerprint density at radius 1 is 1.12 bits per heavy atom. The molecular formula is C13H24O2S. The summed E-state index contributed by atoms with van der Waals surface area (Å²) in [4.78, 5) is 0. The minimum atomic E-state index is -2.67. The maximum Gasteiger partial charge on any atom is 0.150 e. The number of hydrogen-bond acceptors (Lipinski definition) is 2. The molecule has 0 spiro atoms. The van der Waals surface area contributed by atoms with Crippen LogP contribution >= 0.6 is 0 Å². The van der Waals surface area contributed by atoms with E-state index < -0.39 is 9.84 Å². The third kappa shape index (κ3) is 2.44. The van der Waals surface area contributed by atoms with Crippen molar-refractivity contribution in [3.63, 3.8) is 0 Å². The molecule has 94 valence electrons. The molecule has 3 heteroatoms. The van der Waals surface area contributed by atoms with Crippen molar-refractivity contribution in [3.05, 3.63) is 0 Å². The second-order valence-electron chi connectivity index (χ2n) is 5.79. The third-order valence-electron chi connectivity index (χ3n) is 4.66. The summed E-state index contributed by atoms with van der Waals surface area (Å²) in [7, 11) is -2.67. The van der Waals surface area contributed by atoms with Crippen molar-refractivity contribution in [1.29, 1.82) is 0 Å². The molecule has 0 N–H and O–H groups in total. The van der Waals surface area contributed by atoms with E-state index >= 15 is 0 Å². The zero-order valence-electron chi connectivity index (χ0n) is 10.5. The van der Waals surface area contributed by atoms with Crippen LogP contribution in [0, 0.1) is 23.7 Å². The van der Waals surface area contributed by atoms with Gasteiger partial charge in [0.1, 0.15) is 0 Å². The van der Waals surface area contributed by atoms with Crippen molar-refractivity contribution in [2.75, 3.05) is 11.5 Å². The Bertz CT molecular complexity index is 314. The summed E-state index contributed by atoms with van der Waals surface area (Å²) >= 11 is 0. The smallest absolute Gasteiger partial charge is 0.150 e. The molecule has 2 fully saturated rings. The van der Waals surface area contributed by atoms with Crippen molar-refractivity contribution in [2.45, 2.75) is 46.0 Å². The normalized spacial score (nSPS) is 38.5. The van der Waals surface area contributed by atoms with Crippen LogP contribution in [0.1, 0.15) is 46.0 Å². The predicted molar refractivity (Wildman–Crippen MR) is 67.0 cm³/mol. The highest BCUT2D eigenvalue weighted by Gasteiger charge is 2.45. The predicted octanol–water partition coefficient (Wildman–Crippen LogP) is 2.88. The molecule has 2 unspecified atom stereocenters. The van der Waals surface area contributed by atoms with E-state index in [4.69, 9.17) is 0 Å². The summed E-state index contributed by atoms with van der Waals surface area (Å²) < 4.78 is 23.0. The number of rotatable bonds is 4. The van der Waals surface area contributed by atoms with E-state index in [0.29, 0.717) is 23.3 Å². The molecule has 2 aliphatic rings. The monoisotopic (exact) mass is 244 g/mol. The standard InChI is InChI=1S/C13H24O2S/c1-3-5-10(4-2)11-6-12-8-16(14,15)9-13(12)7-11/h10-13H,3-9H2,1-2H3/t10?,11?,12-,13+. The van der Waals surface area contributed by atoms with Crippen molar-refractivity contribution in [3.8, 4) is 0 Å². The summed E-state index contributed by atoms with van der Waals surface area (Å²) in [5.74, 6) is 3.63. The topological polar surface area (TPSA) is 34.1 Å². The Hall–Kier alpha value is -0.0500. The van der Waals surface area contributed by atoms with E-state index in [2.05, 4.69) is 13.8 Å². The van der Waals surface area contributed by atoms with Crippen molar-refractivity contribution >= 4 is 9.84 Å². The van der Waals surface area contributed by atoms with Gasteiger partial charge in [-0.1, -0.05) is 33.1 Å². The van der Waals surface area contributed by atoms with Gasteiger partial charge in [-0.2, -0.15) is 0 Å². The van der Waals surface area contributed by atoms with Gasteiger partial charge in [0.15, 0.2) is 9.84 Å². The zero-order valence-corrected chi connectivity index (χ0v) is 11.3. The third-order valence-corrected chi connectivity index (χ3v) is 6.54. The molecule has 16 heavy (non-hydrogen) atoms. The lowest BCUT2D eigenvalue weighted by Crippen LogP contribution is -2.14. The molecule has 0 aromatic carbocycles. The first-order chi connectivity index (χ1) is 7.55. The molecule has 0 aromatic rings. The van der Waals surface area contributed by atoms with Gasteiger partial charge in [-0.25, -0.2) is 8.42 Å². The first kappa shape index (κ1) is 12.4. The molecule has 2 rings (SSSR count). The zero-order chi connectivity index (χ0) is 11.8. The fraction of sp³-hybridized carbons (Fsp3) is 1.00. The molecule has 1 saturated carbocycles. The lowest BCUT2D eigenvalue weighted by molar-refractivity contribution is 0.297. The molecule has 0 amide bonds. The average Bonchev–Trinajstić information content (AvgIpc) is 2.67. The lowest BCUT2D eigenvalue weighted by atomic mass is 9.84. The van der Waals surface area contributed by atoms with Gasteiger partial charge < -0.3 is 0 Å². The van der Waals surface area contributed by atoms with Crippen LogP contribution in [0.2, 0.25) is 0 Å². The van der Waals surface area contributed by atoms with Crippen LogP contribution in [0.4, 0.5) is 0 Å². The largest absolute Gasteiger partial charge is 0.229 e. The maximum absolute atomic E-state index is 11.5. The Balaban J connectivity index is 1.95. The van der Waals surface area contributed by atoms with Crippen LogP contribution in [0.5, 0.6) is 0 Å². The average molecular weight is 244 g/mol. The molecule has 0 bridgehead atoms. The summed E-state index contributed by atoms with van der Waals surface area (Å²) in [6, 6.07) is 0. The minimum absolute atomic E-state index is 0.483. The Morgan fingerprint density at radius 3 is 2.12 bits per heavy atom. The summed E-state index contributed by atoms with van der Waals surface area (Å²) in [5.41, 5.74) is 0. The molecule has 0 aromatic heterocycles. The van der Waals surface area contributed by atoms with E-state index in [-0.39, 0.29) is 0 Å². The van der Waals surface area contributed by atoms with Crippen LogP contribution in [-0.2, 0) is 9.84 Å². The molecule has 2 nitrogen and oxygen atoms in total. The van der Waals surface area contributed by atoms with Crippen molar-refractivity contribution in [2.24, 2.45) is 23.7 Å². The van der Waals surface area contributed by atoms with Crippen LogP contribution < -0.4 is 0 Å². The quantitative estimate of drug-likeness (QED) is 0.762. The van der Waals surface area contributed by atoms with Gasteiger partial charge in [0.2, 0.25) is 0 Å². The highest BCUT2D eigenvalue weighted by Crippen LogP contribution is 2.46. The highest BCUT2D eigenvalue weighted by atomic mass is 32.2. The van der Waals surface area contributed by atoms with Gasteiger partial charge in [-0.15, -0.1) is 0 Å². The van der Waals surface area contributed by atoms with E-state index in [1.54, 1.807) is 0 Å². The number of fused-ring (bicyclic) bond motifs is 1. The molecule has 1 aliphatic carbocycles. The van der Waals surface area contributed by atoms with E-state index in [1.165, 1.54) is 32.1 Å².